The number of carbonyl (C=O) groups is 1. The Labute approximate surface area is 83.0 Å². The third kappa shape index (κ3) is 2.04. The van der Waals surface area contributed by atoms with E-state index in [1.165, 1.54) is 0 Å². The topological polar surface area (TPSA) is 76.7 Å². The molecule has 0 bridgehead atoms. The van der Waals surface area contributed by atoms with E-state index in [2.05, 4.69) is 10.3 Å². The van der Waals surface area contributed by atoms with Crippen molar-refractivity contribution in [1.29, 1.82) is 0 Å². The van der Waals surface area contributed by atoms with Crippen molar-refractivity contribution in [1.82, 2.24) is 5.32 Å². The summed E-state index contributed by atoms with van der Waals surface area (Å²) in [5.41, 5.74) is 6.76. The maximum Gasteiger partial charge on any atom is 0.337 e. The smallest absolute Gasteiger partial charge is 0.337 e. The zero-order chi connectivity index (χ0) is 10.7. The van der Waals surface area contributed by atoms with E-state index in [4.69, 9.17) is 10.5 Å². The molecule has 0 aliphatic carbocycles. The van der Waals surface area contributed by atoms with Crippen molar-refractivity contribution >= 4 is 11.9 Å². The van der Waals surface area contributed by atoms with E-state index in [0.29, 0.717) is 23.8 Å². The Kier molecular flexibility index (Phi) is 3.11. The highest BCUT2D eigenvalue weighted by Gasteiger charge is 2.24. The van der Waals surface area contributed by atoms with E-state index in [0.717, 1.165) is 0 Å². The SMILES string of the molecule is CCOC(=O)C1=C(C)NC(N)=NC1C. The van der Waals surface area contributed by atoms with E-state index in [-0.39, 0.29) is 12.0 Å². The number of guanidine groups is 1. The minimum Gasteiger partial charge on any atom is -0.463 e. The molecular formula is C9H15N3O2. The molecular weight excluding hydrogens is 182 g/mol. The Morgan fingerprint density at radius 2 is 2.36 bits per heavy atom. The number of nitrogens with zero attached hydrogens (tertiary/aromatic N) is 1. The molecule has 0 aromatic rings. The van der Waals surface area contributed by atoms with E-state index < -0.39 is 0 Å². The number of rotatable bonds is 2. The quantitative estimate of drug-likeness (QED) is 0.617. The highest BCUT2D eigenvalue weighted by molar-refractivity contribution is 5.94. The van der Waals surface area contributed by atoms with Crippen LogP contribution < -0.4 is 11.1 Å². The van der Waals surface area contributed by atoms with E-state index >= 15 is 0 Å². The van der Waals surface area contributed by atoms with Crippen molar-refractivity contribution in [3.8, 4) is 0 Å². The number of nitrogens with two attached hydrogens (primary N) is 1. The Morgan fingerprint density at radius 3 is 2.86 bits per heavy atom. The van der Waals surface area contributed by atoms with Crippen LogP contribution in [0.2, 0.25) is 0 Å². The summed E-state index contributed by atoms with van der Waals surface area (Å²) < 4.78 is 4.91. The highest BCUT2D eigenvalue weighted by atomic mass is 16.5. The molecule has 5 nitrogen and oxygen atoms in total. The first-order valence-corrected chi connectivity index (χ1v) is 4.54. The normalized spacial score (nSPS) is 21.4. The molecule has 1 aliphatic heterocycles. The fourth-order valence-electron chi connectivity index (χ4n) is 1.41. The van der Waals surface area contributed by atoms with Crippen LogP contribution in [-0.2, 0) is 9.53 Å². The van der Waals surface area contributed by atoms with Crippen LogP contribution in [0.3, 0.4) is 0 Å². The van der Waals surface area contributed by atoms with Gasteiger partial charge < -0.3 is 15.8 Å². The van der Waals surface area contributed by atoms with Gasteiger partial charge in [-0.25, -0.2) is 9.79 Å². The first-order chi connectivity index (χ1) is 6.56. The van der Waals surface area contributed by atoms with Crippen LogP contribution in [0.25, 0.3) is 0 Å². The molecule has 1 aliphatic rings. The van der Waals surface area contributed by atoms with Gasteiger partial charge in [-0.1, -0.05) is 0 Å². The third-order valence-corrected chi connectivity index (χ3v) is 1.97. The maximum absolute atomic E-state index is 11.5. The van der Waals surface area contributed by atoms with Crippen molar-refractivity contribution in [3.63, 3.8) is 0 Å². The van der Waals surface area contributed by atoms with Crippen molar-refractivity contribution in [2.75, 3.05) is 6.61 Å². The lowest BCUT2D eigenvalue weighted by Crippen LogP contribution is -2.38. The van der Waals surface area contributed by atoms with Gasteiger partial charge in [-0.2, -0.15) is 0 Å². The summed E-state index contributed by atoms with van der Waals surface area (Å²) in [6.45, 7) is 5.72. The molecule has 0 saturated heterocycles. The van der Waals surface area contributed by atoms with Crippen molar-refractivity contribution in [2.45, 2.75) is 26.8 Å². The van der Waals surface area contributed by atoms with Crippen LogP contribution in [0.15, 0.2) is 16.3 Å². The van der Waals surface area contributed by atoms with Gasteiger partial charge in [-0.3, -0.25) is 0 Å². The van der Waals surface area contributed by atoms with Gasteiger partial charge in [0.2, 0.25) is 0 Å². The minimum atomic E-state index is -0.332. The lowest BCUT2D eigenvalue weighted by molar-refractivity contribution is -0.138. The molecule has 0 fully saturated rings. The minimum absolute atomic E-state index is 0.240. The van der Waals surface area contributed by atoms with E-state index in [1.54, 1.807) is 13.8 Å². The van der Waals surface area contributed by atoms with Crippen LogP contribution in [0, 0.1) is 0 Å². The summed E-state index contributed by atoms with van der Waals surface area (Å²) in [6.07, 6.45) is 0. The molecule has 3 N–H and O–H groups in total. The molecule has 0 aromatic carbocycles. The first kappa shape index (κ1) is 10.6. The zero-order valence-electron chi connectivity index (χ0n) is 8.63. The summed E-state index contributed by atoms with van der Waals surface area (Å²) in [4.78, 5) is 15.5. The lowest BCUT2D eigenvalue weighted by atomic mass is 10.1. The fourth-order valence-corrected chi connectivity index (χ4v) is 1.41. The van der Waals surface area contributed by atoms with Gasteiger partial charge in [0.25, 0.3) is 0 Å². The average molecular weight is 197 g/mol. The molecule has 1 heterocycles. The van der Waals surface area contributed by atoms with Crippen LogP contribution in [0.1, 0.15) is 20.8 Å². The largest absolute Gasteiger partial charge is 0.463 e. The predicted molar refractivity (Wildman–Crippen MR) is 53.6 cm³/mol. The van der Waals surface area contributed by atoms with Gasteiger partial charge in [-0.05, 0) is 20.8 Å². The van der Waals surface area contributed by atoms with Gasteiger partial charge >= 0.3 is 5.97 Å². The number of nitrogens with one attached hydrogen (secondary N) is 1. The number of ether oxygens (including phenoxy) is 1. The number of hydrogen-bond donors (Lipinski definition) is 2. The molecule has 0 radical (unpaired) electrons. The summed E-state index contributed by atoms with van der Waals surface area (Å²) in [5, 5.41) is 2.81. The van der Waals surface area contributed by atoms with Crippen molar-refractivity contribution in [2.24, 2.45) is 10.7 Å². The predicted octanol–water partition coefficient (Wildman–Crippen LogP) is 0.130. The second kappa shape index (κ2) is 4.13. The number of aliphatic imine (C=N–C) groups is 1. The van der Waals surface area contributed by atoms with Gasteiger partial charge in [0.05, 0.1) is 18.2 Å². The van der Waals surface area contributed by atoms with Crippen LogP contribution in [0.4, 0.5) is 0 Å². The molecule has 1 rings (SSSR count). The molecule has 1 unspecified atom stereocenters. The molecule has 0 spiro atoms. The first-order valence-electron chi connectivity index (χ1n) is 4.54. The second-order valence-electron chi connectivity index (χ2n) is 3.07. The van der Waals surface area contributed by atoms with Gasteiger partial charge in [0.15, 0.2) is 5.96 Å². The van der Waals surface area contributed by atoms with Crippen molar-refractivity contribution in [3.05, 3.63) is 11.3 Å². The summed E-state index contributed by atoms with van der Waals surface area (Å²) in [6, 6.07) is -0.240. The van der Waals surface area contributed by atoms with Crippen LogP contribution in [0.5, 0.6) is 0 Å². The summed E-state index contributed by atoms with van der Waals surface area (Å²) in [5.74, 6) is 0.00398. The van der Waals surface area contributed by atoms with Crippen LogP contribution >= 0.6 is 0 Å². The monoisotopic (exact) mass is 197 g/mol. The summed E-state index contributed by atoms with van der Waals surface area (Å²) in [7, 11) is 0. The maximum atomic E-state index is 11.5. The molecule has 0 amide bonds. The number of allylic oxidation sites excluding steroid dienone is 1. The van der Waals surface area contributed by atoms with Crippen molar-refractivity contribution < 1.29 is 9.53 Å². The Morgan fingerprint density at radius 1 is 1.71 bits per heavy atom. The van der Waals surface area contributed by atoms with Crippen LogP contribution in [-0.4, -0.2) is 24.6 Å². The highest BCUT2D eigenvalue weighted by Crippen LogP contribution is 2.15. The zero-order valence-corrected chi connectivity index (χ0v) is 8.63. The summed E-state index contributed by atoms with van der Waals surface area (Å²) >= 11 is 0. The number of carbonyl (C=O) groups excluding carboxylic acids is 1. The van der Waals surface area contributed by atoms with E-state index in [1.807, 2.05) is 6.92 Å². The molecule has 5 heteroatoms. The molecule has 1 atom stereocenters. The number of hydrogen-bond acceptors (Lipinski definition) is 5. The standard InChI is InChI=1S/C9H15N3O2/c1-4-14-8(13)7-5(2)11-9(10)12-6(7)3/h5H,4H2,1-3H3,(H3,10,11,12). The van der Waals surface area contributed by atoms with E-state index in [9.17, 15) is 4.79 Å². The van der Waals surface area contributed by atoms with Gasteiger partial charge in [0, 0.05) is 5.70 Å². The molecule has 0 saturated carbocycles. The Hall–Kier alpha value is -1.52. The van der Waals surface area contributed by atoms with Gasteiger partial charge in [-0.15, -0.1) is 0 Å². The molecule has 78 valence electrons. The molecule has 14 heavy (non-hydrogen) atoms. The third-order valence-electron chi connectivity index (χ3n) is 1.97. The Balaban J connectivity index is 2.87. The second-order valence-corrected chi connectivity index (χ2v) is 3.07. The lowest BCUT2D eigenvalue weighted by Gasteiger charge is -2.21. The molecule has 0 aromatic heterocycles. The van der Waals surface area contributed by atoms with Gasteiger partial charge in [0.1, 0.15) is 0 Å². The average Bonchev–Trinajstić information content (AvgIpc) is 2.01. The Bertz CT molecular complexity index is 307. The number of esters is 1. The fraction of sp³-hybridized carbons (Fsp3) is 0.556.